The van der Waals surface area contributed by atoms with Crippen LogP contribution >= 0.6 is 0 Å². The third-order valence-electron chi connectivity index (χ3n) is 7.09. The van der Waals surface area contributed by atoms with E-state index >= 15 is 0 Å². The molecule has 0 radical (unpaired) electrons. The molecule has 1 aliphatic heterocycles. The summed E-state index contributed by atoms with van der Waals surface area (Å²) in [6.07, 6.45) is 5.08. The Morgan fingerprint density at radius 2 is 1.97 bits per heavy atom. The maximum absolute atomic E-state index is 14.0. The van der Waals surface area contributed by atoms with E-state index in [4.69, 9.17) is 10.5 Å². The lowest BCUT2D eigenvalue weighted by molar-refractivity contribution is -0.161. The molecule has 158 valence electrons. The zero-order valence-electron chi connectivity index (χ0n) is 17.4. The number of pyridine rings is 1. The molecule has 6 heteroatoms. The molecule has 3 N–H and O–H groups in total. The van der Waals surface area contributed by atoms with Gasteiger partial charge in [0.25, 0.3) is 0 Å². The Morgan fingerprint density at radius 3 is 2.63 bits per heavy atom. The molecule has 0 bridgehead atoms. The first-order valence-electron chi connectivity index (χ1n) is 10.3. The van der Waals surface area contributed by atoms with Gasteiger partial charge in [-0.1, -0.05) is 44.2 Å². The van der Waals surface area contributed by atoms with Crippen LogP contribution in [0.2, 0.25) is 0 Å². The second-order valence-corrected chi connectivity index (χ2v) is 8.72. The Labute approximate surface area is 175 Å². The summed E-state index contributed by atoms with van der Waals surface area (Å²) < 4.78 is 19.4. The van der Waals surface area contributed by atoms with E-state index in [2.05, 4.69) is 11.9 Å². The number of cyclic esters (lactones) is 1. The molecule has 6 atom stereocenters. The maximum Gasteiger partial charge on any atom is 0.340 e. The predicted octanol–water partition coefficient (Wildman–Crippen LogP) is 3.57. The number of ether oxygens (including phenoxy) is 1. The zero-order chi connectivity index (χ0) is 21.7. The Hall–Kier alpha value is -2.57. The van der Waals surface area contributed by atoms with Gasteiger partial charge in [0.05, 0.1) is 11.2 Å². The normalized spacial score (nSPS) is 36.0. The molecule has 0 amide bonds. The molecule has 2 heterocycles. The van der Waals surface area contributed by atoms with E-state index in [0.29, 0.717) is 16.8 Å². The molecule has 30 heavy (non-hydrogen) atoms. The fourth-order valence-electron chi connectivity index (χ4n) is 5.01. The summed E-state index contributed by atoms with van der Waals surface area (Å²) >= 11 is 0. The van der Waals surface area contributed by atoms with Crippen LogP contribution in [0.3, 0.4) is 0 Å². The van der Waals surface area contributed by atoms with Gasteiger partial charge in [-0.2, -0.15) is 0 Å². The first-order valence-corrected chi connectivity index (χ1v) is 10.3. The minimum Gasteiger partial charge on any atom is -0.458 e. The van der Waals surface area contributed by atoms with E-state index in [9.17, 15) is 14.3 Å². The van der Waals surface area contributed by atoms with E-state index in [0.717, 1.165) is 0 Å². The number of aromatic nitrogens is 1. The number of nitrogens with zero attached hydrogens (tertiary/aromatic N) is 1. The van der Waals surface area contributed by atoms with Crippen molar-refractivity contribution in [2.24, 2.45) is 23.5 Å². The summed E-state index contributed by atoms with van der Waals surface area (Å²) in [4.78, 5) is 16.8. The van der Waals surface area contributed by atoms with E-state index < -0.39 is 23.2 Å². The van der Waals surface area contributed by atoms with Crippen molar-refractivity contribution in [1.82, 2.24) is 4.98 Å². The second-order valence-electron chi connectivity index (χ2n) is 8.72. The van der Waals surface area contributed by atoms with Crippen molar-refractivity contribution in [2.75, 3.05) is 0 Å². The molecular weight excluding hydrogens is 383 g/mol. The molecule has 0 spiro atoms. The number of benzene rings is 1. The quantitative estimate of drug-likeness (QED) is 0.756. The lowest BCUT2D eigenvalue weighted by Gasteiger charge is -2.51. The van der Waals surface area contributed by atoms with Gasteiger partial charge in [-0.3, -0.25) is 4.98 Å². The largest absolute Gasteiger partial charge is 0.458 e. The average molecular weight is 410 g/mol. The fourth-order valence-corrected chi connectivity index (χ4v) is 5.01. The molecule has 2 aromatic rings. The molecule has 1 aromatic heterocycles. The number of nitrogens with two attached hydrogens (primary N) is 1. The zero-order valence-corrected chi connectivity index (χ0v) is 17.4. The Kier molecular flexibility index (Phi) is 5.03. The number of halogens is 1. The fraction of sp³-hybridized carbons (Fsp3) is 0.417. The van der Waals surface area contributed by atoms with Gasteiger partial charge in [0.1, 0.15) is 11.9 Å². The van der Waals surface area contributed by atoms with Crippen molar-refractivity contribution in [1.29, 1.82) is 0 Å². The van der Waals surface area contributed by atoms with Crippen molar-refractivity contribution in [3.8, 4) is 11.1 Å². The van der Waals surface area contributed by atoms with Gasteiger partial charge in [-0.05, 0) is 43.4 Å². The van der Waals surface area contributed by atoms with Crippen LogP contribution in [-0.2, 0) is 9.53 Å². The molecule has 2 aliphatic rings. The van der Waals surface area contributed by atoms with Crippen LogP contribution in [0.1, 0.15) is 32.9 Å². The molecule has 2 fully saturated rings. The van der Waals surface area contributed by atoms with E-state index in [1.807, 2.05) is 31.2 Å². The minimum absolute atomic E-state index is 0.0931. The molecule has 6 unspecified atom stereocenters. The first-order chi connectivity index (χ1) is 14.2. The average Bonchev–Trinajstić information content (AvgIpc) is 2.89. The van der Waals surface area contributed by atoms with Crippen LogP contribution in [-0.4, -0.2) is 33.3 Å². The van der Waals surface area contributed by atoms with Gasteiger partial charge in [0, 0.05) is 23.2 Å². The third-order valence-corrected chi connectivity index (χ3v) is 7.09. The van der Waals surface area contributed by atoms with Crippen molar-refractivity contribution < 1.29 is 19.0 Å². The van der Waals surface area contributed by atoms with Gasteiger partial charge in [0.15, 0.2) is 5.60 Å². The Morgan fingerprint density at radius 1 is 1.23 bits per heavy atom. The van der Waals surface area contributed by atoms with Crippen molar-refractivity contribution >= 4 is 12.0 Å². The molecule has 4 rings (SSSR count). The van der Waals surface area contributed by atoms with Gasteiger partial charge in [-0.15, -0.1) is 0 Å². The van der Waals surface area contributed by atoms with Crippen molar-refractivity contribution in [3.05, 3.63) is 60.2 Å². The van der Waals surface area contributed by atoms with Crippen LogP contribution < -0.4 is 5.73 Å². The van der Waals surface area contributed by atoms with Crippen LogP contribution in [0.25, 0.3) is 17.2 Å². The molecular formula is C24H27FN2O3. The number of esters is 1. The van der Waals surface area contributed by atoms with E-state index in [-0.39, 0.29) is 30.0 Å². The first kappa shape index (κ1) is 20.7. The summed E-state index contributed by atoms with van der Waals surface area (Å²) in [6, 6.07) is 10.2. The lowest BCUT2D eigenvalue weighted by atomic mass is 9.56. The summed E-state index contributed by atoms with van der Waals surface area (Å²) in [5, 5.41) is 11.2. The van der Waals surface area contributed by atoms with Crippen LogP contribution in [0.4, 0.5) is 4.39 Å². The number of hydrogen-bond acceptors (Lipinski definition) is 5. The number of carbonyl (C=O) groups excluding carboxylic acids is 1. The molecule has 1 saturated carbocycles. The molecule has 1 aromatic carbocycles. The lowest BCUT2D eigenvalue weighted by Crippen LogP contribution is -2.72. The highest BCUT2D eigenvalue weighted by molar-refractivity contribution is 5.85. The van der Waals surface area contributed by atoms with E-state index in [1.165, 1.54) is 6.07 Å². The standard InChI is InChI=1S/C24H27FN2O3/c1-14-12-23(29)22(28)30-16(3)24(23,26)20(15(14)2)11-10-18-9-8-17(13-27-18)19-6-4-5-7-21(19)25/h4-11,13-16,20,29H,12,26H2,1-3H3/b11-10+. The Balaban J connectivity index is 1.64. The molecule has 1 saturated heterocycles. The van der Waals surface area contributed by atoms with Gasteiger partial charge < -0.3 is 15.6 Å². The number of hydrogen-bond donors (Lipinski definition) is 2. The minimum atomic E-state index is -1.70. The predicted molar refractivity (Wildman–Crippen MR) is 113 cm³/mol. The van der Waals surface area contributed by atoms with E-state index in [1.54, 1.807) is 31.3 Å². The van der Waals surface area contributed by atoms with Crippen molar-refractivity contribution in [2.45, 2.75) is 44.4 Å². The van der Waals surface area contributed by atoms with Gasteiger partial charge in [-0.25, -0.2) is 9.18 Å². The topological polar surface area (TPSA) is 85.4 Å². The molecule has 5 nitrogen and oxygen atoms in total. The number of fused-ring (bicyclic) bond motifs is 1. The maximum atomic E-state index is 14.0. The highest BCUT2D eigenvalue weighted by atomic mass is 19.1. The van der Waals surface area contributed by atoms with Gasteiger partial charge in [0.2, 0.25) is 0 Å². The summed E-state index contributed by atoms with van der Waals surface area (Å²) in [7, 11) is 0. The third kappa shape index (κ3) is 2.97. The summed E-state index contributed by atoms with van der Waals surface area (Å²) in [5.41, 5.74) is 5.67. The smallest absolute Gasteiger partial charge is 0.340 e. The number of rotatable bonds is 3. The van der Waals surface area contributed by atoms with Crippen molar-refractivity contribution in [3.63, 3.8) is 0 Å². The van der Waals surface area contributed by atoms with Crippen LogP contribution in [0, 0.1) is 23.6 Å². The monoisotopic (exact) mass is 410 g/mol. The summed E-state index contributed by atoms with van der Waals surface area (Å²) in [5.74, 6) is -0.976. The van der Waals surface area contributed by atoms with Crippen LogP contribution in [0.5, 0.6) is 0 Å². The summed E-state index contributed by atoms with van der Waals surface area (Å²) in [6.45, 7) is 5.83. The highest BCUT2D eigenvalue weighted by Gasteiger charge is 2.70. The highest BCUT2D eigenvalue weighted by Crippen LogP contribution is 2.52. The number of carbonyl (C=O) groups is 1. The number of aliphatic hydroxyl groups is 1. The Bertz CT molecular complexity index is 992. The van der Waals surface area contributed by atoms with Gasteiger partial charge >= 0.3 is 5.97 Å². The SMILES string of the molecule is CC1CC2(O)C(=O)OC(C)C2(N)C(/C=C/c2ccc(-c3ccccc3F)cn2)C1C. The second kappa shape index (κ2) is 7.29. The van der Waals surface area contributed by atoms with Crippen LogP contribution in [0.15, 0.2) is 48.7 Å². The molecule has 1 aliphatic carbocycles.